The first kappa shape index (κ1) is 17.7. The Morgan fingerprint density at radius 1 is 1.00 bits per heavy atom. The van der Waals surface area contributed by atoms with Crippen molar-refractivity contribution in [1.82, 2.24) is 5.32 Å². The average molecular weight is 344 g/mol. The smallest absolute Gasteiger partial charge is 0.261 e. The van der Waals surface area contributed by atoms with Gasteiger partial charge in [0, 0.05) is 13.1 Å². The first-order valence-electron chi connectivity index (χ1n) is 7.42. The lowest BCUT2D eigenvalue weighted by Gasteiger charge is -2.13. The molecule has 0 unspecified atom stereocenters. The lowest BCUT2D eigenvalue weighted by molar-refractivity contribution is -0.115. The van der Waals surface area contributed by atoms with Crippen LogP contribution in [0.5, 0.6) is 0 Å². The molecule has 0 aliphatic rings. The first-order valence-corrected chi connectivity index (χ1v) is 8.90. The van der Waals surface area contributed by atoms with Gasteiger partial charge in [-0.15, -0.1) is 0 Å². The molecule has 0 spiro atoms. The lowest BCUT2D eigenvalue weighted by atomic mass is 10.1. The van der Waals surface area contributed by atoms with E-state index in [1.54, 1.807) is 25.3 Å². The Hall–Kier alpha value is -2.60. The molecule has 0 saturated carbocycles. The number of benzene rings is 2. The molecule has 0 bridgehead atoms. The van der Waals surface area contributed by atoms with E-state index >= 15 is 0 Å². The van der Waals surface area contributed by atoms with Gasteiger partial charge in [-0.2, -0.15) is 0 Å². The summed E-state index contributed by atoms with van der Waals surface area (Å²) in [4.78, 5) is 11.3. The van der Waals surface area contributed by atoms with Crippen LogP contribution in [0.3, 0.4) is 0 Å². The maximum atomic E-state index is 12.5. The molecule has 0 radical (unpaired) electrons. The van der Waals surface area contributed by atoms with Gasteiger partial charge < -0.3 is 5.32 Å². The number of para-hydroxylation sites is 1. The molecule has 126 valence electrons. The zero-order valence-corrected chi connectivity index (χ0v) is 14.6. The number of likely N-dealkylation sites (N-methyl/N-ethyl adjacent to an activating group) is 1. The van der Waals surface area contributed by atoms with Gasteiger partial charge in [-0.25, -0.2) is 8.42 Å². The minimum atomic E-state index is -3.66. The van der Waals surface area contributed by atoms with E-state index in [-0.39, 0.29) is 10.8 Å². The maximum absolute atomic E-state index is 12.5. The van der Waals surface area contributed by atoms with Crippen molar-refractivity contribution in [1.29, 1.82) is 0 Å². The number of aryl methyl sites for hydroxylation is 2. The van der Waals surface area contributed by atoms with Crippen molar-refractivity contribution in [3.8, 4) is 0 Å². The van der Waals surface area contributed by atoms with Crippen LogP contribution < -0.4 is 10.0 Å². The normalized spacial score (nSPS) is 11.5. The van der Waals surface area contributed by atoms with Crippen LogP contribution in [-0.2, 0) is 14.8 Å². The molecule has 5 nitrogen and oxygen atoms in total. The van der Waals surface area contributed by atoms with Gasteiger partial charge in [-0.1, -0.05) is 30.3 Å². The molecule has 6 heteroatoms. The molecule has 24 heavy (non-hydrogen) atoms. The Balaban J connectivity index is 2.24. The first-order chi connectivity index (χ1) is 11.3. The molecule has 2 aromatic rings. The van der Waals surface area contributed by atoms with E-state index in [4.69, 9.17) is 0 Å². The summed E-state index contributed by atoms with van der Waals surface area (Å²) in [5, 5.41) is 2.48. The number of hydrogen-bond acceptors (Lipinski definition) is 3. The second-order valence-corrected chi connectivity index (χ2v) is 7.07. The molecule has 0 heterocycles. The predicted molar refractivity (Wildman–Crippen MR) is 96.3 cm³/mol. The molecule has 1 amide bonds. The topological polar surface area (TPSA) is 75.3 Å². The third-order valence-electron chi connectivity index (χ3n) is 3.58. The number of nitrogens with one attached hydrogen (secondary N) is 2. The summed E-state index contributed by atoms with van der Waals surface area (Å²) < 4.78 is 27.7. The highest BCUT2D eigenvalue weighted by Gasteiger charge is 2.16. The average Bonchev–Trinajstić information content (AvgIpc) is 2.56. The summed E-state index contributed by atoms with van der Waals surface area (Å²) in [5.41, 5.74) is 3.07. The fraction of sp³-hybridized carbons (Fsp3) is 0.167. The number of amides is 1. The van der Waals surface area contributed by atoms with Gasteiger partial charge in [-0.05, 0) is 48.7 Å². The predicted octanol–water partition coefficient (Wildman–Crippen LogP) is 2.86. The summed E-state index contributed by atoms with van der Waals surface area (Å²) >= 11 is 0. The highest BCUT2D eigenvalue weighted by Crippen LogP contribution is 2.23. The number of carbonyl (C=O) groups excluding carboxylic acids is 1. The van der Waals surface area contributed by atoms with Crippen LogP contribution in [0.1, 0.15) is 16.7 Å². The Bertz CT molecular complexity index is 849. The van der Waals surface area contributed by atoms with Gasteiger partial charge in [0.2, 0.25) is 5.91 Å². The SMILES string of the molecule is CNC(=O)/C=C/c1ccc(S(=O)(=O)Nc2c(C)cccc2C)cc1. The van der Waals surface area contributed by atoms with Crippen LogP contribution in [0.15, 0.2) is 53.4 Å². The number of anilines is 1. The summed E-state index contributed by atoms with van der Waals surface area (Å²) in [6.45, 7) is 3.72. The zero-order valence-electron chi connectivity index (χ0n) is 13.8. The molecule has 0 aromatic heterocycles. The summed E-state index contributed by atoms with van der Waals surface area (Å²) in [5.74, 6) is -0.219. The van der Waals surface area contributed by atoms with Crippen LogP contribution in [-0.4, -0.2) is 21.4 Å². The quantitative estimate of drug-likeness (QED) is 0.819. The number of carbonyl (C=O) groups is 1. The molecule has 0 fully saturated rings. The fourth-order valence-electron chi connectivity index (χ4n) is 2.18. The van der Waals surface area contributed by atoms with Crippen molar-refractivity contribution >= 4 is 27.7 Å². The van der Waals surface area contributed by atoms with Crippen LogP contribution in [0, 0.1) is 13.8 Å². The summed E-state index contributed by atoms with van der Waals surface area (Å²) in [6, 6.07) is 11.9. The van der Waals surface area contributed by atoms with Crippen molar-refractivity contribution in [2.45, 2.75) is 18.7 Å². The largest absolute Gasteiger partial charge is 0.356 e. The molecule has 0 atom stereocenters. The summed E-state index contributed by atoms with van der Waals surface area (Å²) in [7, 11) is -2.12. The molecular formula is C18H20N2O3S. The second-order valence-electron chi connectivity index (χ2n) is 5.39. The molecule has 0 aliphatic carbocycles. The molecule has 2 N–H and O–H groups in total. The second kappa shape index (κ2) is 7.31. The maximum Gasteiger partial charge on any atom is 0.261 e. The molecule has 0 saturated heterocycles. The Morgan fingerprint density at radius 3 is 2.12 bits per heavy atom. The van der Waals surface area contributed by atoms with E-state index in [0.29, 0.717) is 5.69 Å². The van der Waals surface area contributed by atoms with E-state index in [1.807, 2.05) is 32.0 Å². The van der Waals surface area contributed by atoms with Gasteiger partial charge >= 0.3 is 0 Å². The van der Waals surface area contributed by atoms with Gasteiger partial charge in [0.15, 0.2) is 0 Å². The number of sulfonamides is 1. The molecule has 2 rings (SSSR count). The van der Waals surface area contributed by atoms with Gasteiger partial charge in [0.25, 0.3) is 10.0 Å². The zero-order chi connectivity index (χ0) is 17.7. The van der Waals surface area contributed by atoms with Gasteiger partial charge in [0.1, 0.15) is 0 Å². The Kier molecular flexibility index (Phi) is 5.41. The highest BCUT2D eigenvalue weighted by atomic mass is 32.2. The number of hydrogen-bond donors (Lipinski definition) is 2. The standard InChI is InChI=1S/C18H20N2O3S/c1-13-5-4-6-14(2)18(13)20-24(22,23)16-10-7-15(8-11-16)9-12-17(21)19-3/h4-12,20H,1-3H3,(H,19,21)/b12-9+. The van der Waals surface area contributed by atoms with Gasteiger partial charge in [-0.3, -0.25) is 9.52 Å². The Morgan fingerprint density at radius 2 is 1.58 bits per heavy atom. The van der Waals surface area contributed by atoms with E-state index in [1.165, 1.54) is 18.2 Å². The summed E-state index contributed by atoms with van der Waals surface area (Å²) in [6.07, 6.45) is 3.01. The van der Waals surface area contributed by atoms with E-state index in [2.05, 4.69) is 10.0 Å². The third-order valence-corrected chi connectivity index (χ3v) is 4.95. The minimum absolute atomic E-state index is 0.169. The van der Waals surface area contributed by atoms with E-state index in [0.717, 1.165) is 16.7 Å². The van der Waals surface area contributed by atoms with Crippen LogP contribution in [0.25, 0.3) is 6.08 Å². The van der Waals surface area contributed by atoms with Crippen molar-refractivity contribution in [2.75, 3.05) is 11.8 Å². The monoisotopic (exact) mass is 344 g/mol. The van der Waals surface area contributed by atoms with E-state index < -0.39 is 10.0 Å². The molecule has 2 aromatic carbocycles. The van der Waals surface area contributed by atoms with Crippen molar-refractivity contribution < 1.29 is 13.2 Å². The van der Waals surface area contributed by atoms with Crippen molar-refractivity contribution in [3.63, 3.8) is 0 Å². The third kappa shape index (κ3) is 4.23. The van der Waals surface area contributed by atoms with Crippen molar-refractivity contribution in [3.05, 3.63) is 65.2 Å². The van der Waals surface area contributed by atoms with Crippen LogP contribution in [0.2, 0.25) is 0 Å². The van der Waals surface area contributed by atoms with Gasteiger partial charge in [0.05, 0.1) is 10.6 Å². The Labute approximate surface area is 142 Å². The van der Waals surface area contributed by atoms with Crippen LogP contribution >= 0.6 is 0 Å². The number of rotatable bonds is 5. The lowest BCUT2D eigenvalue weighted by Crippen LogP contribution is -2.14. The highest BCUT2D eigenvalue weighted by molar-refractivity contribution is 7.92. The molecular weight excluding hydrogens is 324 g/mol. The molecule has 0 aliphatic heterocycles. The minimum Gasteiger partial charge on any atom is -0.356 e. The van der Waals surface area contributed by atoms with Crippen molar-refractivity contribution in [2.24, 2.45) is 0 Å². The van der Waals surface area contributed by atoms with Crippen LogP contribution in [0.4, 0.5) is 5.69 Å². The fourth-order valence-corrected chi connectivity index (χ4v) is 3.39. The van der Waals surface area contributed by atoms with E-state index in [9.17, 15) is 13.2 Å².